The summed E-state index contributed by atoms with van der Waals surface area (Å²) in [6.45, 7) is 1.64. The Kier molecular flexibility index (Phi) is 3.65. The number of nitrogens with two attached hydrogens (primary N) is 1. The molecule has 1 rings (SSSR count). The van der Waals surface area contributed by atoms with Gasteiger partial charge in [-0.15, -0.1) is 0 Å². The Morgan fingerprint density at radius 3 is 2.15 bits per heavy atom. The van der Waals surface area contributed by atoms with Crippen molar-refractivity contribution in [3.8, 4) is 0 Å². The monoisotopic (exact) mass is 191 g/mol. The molecule has 1 aliphatic carbocycles. The van der Waals surface area contributed by atoms with Gasteiger partial charge < -0.3 is 5.73 Å². The minimum Gasteiger partial charge on any atom is -0.325 e. The van der Waals surface area contributed by atoms with Gasteiger partial charge in [0.1, 0.15) is 0 Å². The summed E-state index contributed by atoms with van der Waals surface area (Å²) in [5, 5.41) is 0. The summed E-state index contributed by atoms with van der Waals surface area (Å²) in [7, 11) is 0. The molecule has 1 aliphatic rings. The minimum atomic E-state index is -2.63. The fourth-order valence-corrected chi connectivity index (χ4v) is 2.16. The second-order valence-corrected chi connectivity index (χ2v) is 4.09. The van der Waals surface area contributed by atoms with E-state index in [1.165, 1.54) is 0 Å². The quantitative estimate of drug-likeness (QED) is 0.729. The van der Waals surface area contributed by atoms with Crippen molar-refractivity contribution in [2.24, 2.45) is 17.6 Å². The minimum absolute atomic E-state index is 0.458. The van der Waals surface area contributed by atoms with Crippen LogP contribution in [0.25, 0.3) is 0 Å². The van der Waals surface area contributed by atoms with E-state index >= 15 is 0 Å². The first kappa shape index (κ1) is 10.9. The van der Waals surface area contributed by atoms with Crippen molar-refractivity contribution in [1.29, 1.82) is 0 Å². The van der Waals surface area contributed by atoms with Gasteiger partial charge in [0.05, 0.1) is 6.54 Å². The lowest BCUT2D eigenvalue weighted by Gasteiger charge is -2.32. The molecule has 13 heavy (non-hydrogen) atoms. The van der Waals surface area contributed by atoms with Gasteiger partial charge in [0.25, 0.3) is 5.92 Å². The third-order valence-corrected chi connectivity index (χ3v) is 3.29. The molecule has 0 atom stereocenters. The maximum Gasteiger partial charge on any atom is 0.262 e. The predicted octanol–water partition coefficient (Wildman–Crippen LogP) is 2.80. The molecule has 0 heterocycles. The van der Waals surface area contributed by atoms with Gasteiger partial charge in [-0.25, -0.2) is 8.78 Å². The van der Waals surface area contributed by atoms with Crippen LogP contribution >= 0.6 is 0 Å². The Morgan fingerprint density at radius 2 is 1.77 bits per heavy atom. The van der Waals surface area contributed by atoms with Crippen molar-refractivity contribution >= 4 is 0 Å². The van der Waals surface area contributed by atoms with Crippen molar-refractivity contribution in [2.75, 3.05) is 6.54 Å². The van der Waals surface area contributed by atoms with Crippen molar-refractivity contribution in [1.82, 2.24) is 0 Å². The largest absolute Gasteiger partial charge is 0.325 e. The van der Waals surface area contributed by atoms with Crippen LogP contribution in [0.5, 0.6) is 0 Å². The molecule has 1 saturated carbocycles. The van der Waals surface area contributed by atoms with Gasteiger partial charge in [-0.3, -0.25) is 0 Å². The van der Waals surface area contributed by atoms with Gasteiger partial charge in [0.15, 0.2) is 0 Å². The zero-order valence-corrected chi connectivity index (χ0v) is 8.23. The highest BCUT2D eigenvalue weighted by Gasteiger charge is 2.39. The van der Waals surface area contributed by atoms with E-state index in [4.69, 9.17) is 5.73 Å². The Hall–Kier alpha value is -0.180. The molecule has 0 amide bonds. The summed E-state index contributed by atoms with van der Waals surface area (Å²) in [4.78, 5) is 0. The summed E-state index contributed by atoms with van der Waals surface area (Å²) >= 11 is 0. The van der Waals surface area contributed by atoms with Gasteiger partial charge in [-0.2, -0.15) is 0 Å². The molecule has 1 nitrogen and oxygen atoms in total. The van der Waals surface area contributed by atoms with E-state index in [1.54, 1.807) is 0 Å². The lowest BCUT2D eigenvalue weighted by molar-refractivity contribution is -0.0663. The molecule has 0 saturated heterocycles. The zero-order valence-electron chi connectivity index (χ0n) is 8.23. The first-order valence-electron chi connectivity index (χ1n) is 5.18. The molecule has 0 radical (unpaired) electrons. The first-order chi connectivity index (χ1) is 6.10. The highest BCUT2D eigenvalue weighted by Crippen LogP contribution is 2.38. The van der Waals surface area contributed by atoms with E-state index in [9.17, 15) is 8.78 Å². The lowest BCUT2D eigenvalue weighted by atomic mass is 9.78. The molecular formula is C10H19F2N. The molecule has 2 N–H and O–H groups in total. The maximum absolute atomic E-state index is 13.1. The Bertz CT molecular complexity index is 151. The topological polar surface area (TPSA) is 26.0 Å². The standard InChI is InChI=1S/C10H19F2N/c1-2-8-3-5-9(6-4-8)10(11,12)7-13/h8-9H,2-7,13H2,1H3. The average molecular weight is 191 g/mol. The molecule has 0 aliphatic heterocycles. The highest BCUT2D eigenvalue weighted by molar-refractivity contribution is 4.82. The van der Waals surface area contributed by atoms with Crippen LogP contribution in [-0.4, -0.2) is 12.5 Å². The van der Waals surface area contributed by atoms with E-state index in [2.05, 4.69) is 6.92 Å². The molecule has 0 aromatic heterocycles. The van der Waals surface area contributed by atoms with Crippen molar-refractivity contribution in [3.63, 3.8) is 0 Å². The number of rotatable bonds is 3. The fraction of sp³-hybridized carbons (Fsp3) is 1.00. The SMILES string of the molecule is CCC1CCC(C(F)(F)CN)CC1. The first-order valence-corrected chi connectivity index (χ1v) is 5.18. The third-order valence-electron chi connectivity index (χ3n) is 3.29. The Balaban J connectivity index is 2.40. The van der Waals surface area contributed by atoms with Crippen LogP contribution in [0.1, 0.15) is 39.0 Å². The number of alkyl halides is 2. The van der Waals surface area contributed by atoms with Crippen LogP contribution in [0.2, 0.25) is 0 Å². The van der Waals surface area contributed by atoms with E-state index in [1.807, 2.05) is 0 Å². The van der Waals surface area contributed by atoms with Crippen LogP contribution < -0.4 is 5.73 Å². The molecule has 1 fully saturated rings. The Labute approximate surface area is 78.7 Å². The summed E-state index contributed by atoms with van der Waals surface area (Å²) in [6, 6.07) is 0. The van der Waals surface area contributed by atoms with Gasteiger partial charge in [0, 0.05) is 5.92 Å². The summed E-state index contributed by atoms with van der Waals surface area (Å²) in [5.74, 6) is -2.41. The second kappa shape index (κ2) is 4.36. The van der Waals surface area contributed by atoms with Crippen molar-refractivity contribution in [3.05, 3.63) is 0 Å². The summed E-state index contributed by atoms with van der Waals surface area (Å²) in [5.41, 5.74) is 5.05. The molecule has 78 valence electrons. The summed E-state index contributed by atoms with van der Waals surface area (Å²) < 4.78 is 26.3. The van der Waals surface area contributed by atoms with Crippen LogP contribution in [0.4, 0.5) is 8.78 Å². The Morgan fingerprint density at radius 1 is 1.23 bits per heavy atom. The number of halogens is 2. The highest BCUT2D eigenvalue weighted by atomic mass is 19.3. The number of hydrogen-bond acceptors (Lipinski definition) is 1. The molecular weight excluding hydrogens is 172 g/mol. The van der Waals surface area contributed by atoms with Gasteiger partial charge in [0.2, 0.25) is 0 Å². The van der Waals surface area contributed by atoms with Crippen LogP contribution in [0.3, 0.4) is 0 Å². The van der Waals surface area contributed by atoms with E-state index in [-0.39, 0.29) is 0 Å². The van der Waals surface area contributed by atoms with Crippen molar-refractivity contribution < 1.29 is 8.78 Å². The van der Waals surface area contributed by atoms with Crippen LogP contribution in [-0.2, 0) is 0 Å². The van der Waals surface area contributed by atoms with E-state index < -0.39 is 18.4 Å². The molecule has 0 bridgehead atoms. The van der Waals surface area contributed by atoms with Crippen molar-refractivity contribution in [2.45, 2.75) is 45.0 Å². The second-order valence-electron chi connectivity index (χ2n) is 4.09. The van der Waals surface area contributed by atoms with E-state index in [0.717, 1.165) is 19.3 Å². The molecule has 3 heteroatoms. The normalized spacial score (nSPS) is 30.5. The van der Waals surface area contributed by atoms with Crippen LogP contribution in [0.15, 0.2) is 0 Å². The molecule has 0 aromatic carbocycles. The predicted molar refractivity (Wildman–Crippen MR) is 49.7 cm³/mol. The smallest absolute Gasteiger partial charge is 0.262 e. The van der Waals surface area contributed by atoms with Gasteiger partial charge >= 0.3 is 0 Å². The molecule has 0 spiro atoms. The van der Waals surface area contributed by atoms with Gasteiger partial charge in [-0.05, 0) is 31.6 Å². The average Bonchev–Trinajstić information content (AvgIpc) is 2.18. The third kappa shape index (κ3) is 2.63. The molecule has 0 unspecified atom stereocenters. The number of hydrogen-bond donors (Lipinski definition) is 1. The zero-order chi connectivity index (χ0) is 9.90. The fourth-order valence-electron chi connectivity index (χ4n) is 2.16. The lowest BCUT2D eigenvalue weighted by Crippen LogP contribution is -2.38. The van der Waals surface area contributed by atoms with Gasteiger partial charge in [-0.1, -0.05) is 13.3 Å². The molecule has 0 aromatic rings. The van der Waals surface area contributed by atoms with E-state index in [0.29, 0.717) is 18.8 Å². The van der Waals surface area contributed by atoms with Crippen LogP contribution in [0, 0.1) is 11.8 Å². The summed E-state index contributed by atoms with van der Waals surface area (Å²) in [6.07, 6.45) is 4.35. The maximum atomic E-state index is 13.1.